The number of carbonyl (C=O) groups is 1. The van der Waals surface area contributed by atoms with E-state index in [1.165, 1.54) is 0 Å². The van der Waals surface area contributed by atoms with Gasteiger partial charge in [-0.15, -0.1) is 0 Å². The van der Waals surface area contributed by atoms with E-state index in [-0.39, 0.29) is 11.3 Å². The number of nitrogens with two attached hydrogens (primary N) is 1. The van der Waals surface area contributed by atoms with Gasteiger partial charge >= 0.3 is 0 Å². The lowest BCUT2D eigenvalue weighted by Gasteiger charge is -2.44. The van der Waals surface area contributed by atoms with E-state index in [1.54, 1.807) is 0 Å². The van der Waals surface area contributed by atoms with Crippen molar-refractivity contribution in [3.05, 3.63) is 0 Å². The molecule has 0 bridgehead atoms. The predicted molar refractivity (Wildman–Crippen MR) is 48.6 cm³/mol. The molecule has 1 amide bonds. The lowest BCUT2D eigenvalue weighted by atomic mass is 9.62. The topological polar surface area (TPSA) is 55.1 Å². The third-order valence-corrected chi connectivity index (χ3v) is 2.69. The van der Waals surface area contributed by atoms with Crippen LogP contribution in [-0.4, -0.2) is 19.0 Å². The van der Waals surface area contributed by atoms with Gasteiger partial charge in [0.05, 0.1) is 5.41 Å². The van der Waals surface area contributed by atoms with Gasteiger partial charge in [-0.05, 0) is 25.7 Å². The monoisotopic (exact) mass is 170 g/mol. The lowest BCUT2D eigenvalue weighted by molar-refractivity contribution is -0.137. The van der Waals surface area contributed by atoms with E-state index in [9.17, 15) is 4.79 Å². The first-order valence-electron chi connectivity index (χ1n) is 4.63. The SMILES string of the molecule is CCNC(=O)C1(CN)CC(C)C1. The molecule has 1 aliphatic rings. The zero-order valence-corrected chi connectivity index (χ0v) is 7.89. The first kappa shape index (κ1) is 9.52. The first-order valence-corrected chi connectivity index (χ1v) is 4.63. The van der Waals surface area contributed by atoms with Crippen LogP contribution in [0.1, 0.15) is 26.7 Å². The lowest BCUT2D eigenvalue weighted by Crippen LogP contribution is -2.53. The molecule has 0 heterocycles. The van der Waals surface area contributed by atoms with Crippen molar-refractivity contribution in [1.29, 1.82) is 0 Å². The second kappa shape index (κ2) is 3.44. The van der Waals surface area contributed by atoms with E-state index >= 15 is 0 Å². The number of hydrogen-bond donors (Lipinski definition) is 2. The summed E-state index contributed by atoms with van der Waals surface area (Å²) in [5.74, 6) is 0.807. The van der Waals surface area contributed by atoms with Gasteiger partial charge in [-0.25, -0.2) is 0 Å². The molecule has 0 spiro atoms. The summed E-state index contributed by atoms with van der Waals surface area (Å²) in [6.45, 7) is 5.29. The highest BCUT2D eigenvalue weighted by atomic mass is 16.2. The summed E-state index contributed by atoms with van der Waals surface area (Å²) in [5, 5.41) is 2.84. The number of amides is 1. The quantitative estimate of drug-likeness (QED) is 0.648. The van der Waals surface area contributed by atoms with E-state index in [1.807, 2.05) is 6.92 Å². The van der Waals surface area contributed by atoms with Crippen molar-refractivity contribution in [2.45, 2.75) is 26.7 Å². The maximum Gasteiger partial charge on any atom is 0.227 e. The standard InChI is InChI=1S/C9H18N2O/c1-3-11-8(12)9(6-10)4-7(2)5-9/h7H,3-6,10H2,1-2H3,(H,11,12). The van der Waals surface area contributed by atoms with Gasteiger partial charge in [0.25, 0.3) is 0 Å². The van der Waals surface area contributed by atoms with Crippen LogP contribution in [0.25, 0.3) is 0 Å². The molecular formula is C9H18N2O. The van der Waals surface area contributed by atoms with Gasteiger partial charge in [-0.3, -0.25) is 4.79 Å². The van der Waals surface area contributed by atoms with Crippen LogP contribution in [0.15, 0.2) is 0 Å². The van der Waals surface area contributed by atoms with Crippen molar-refractivity contribution < 1.29 is 4.79 Å². The molecule has 0 unspecified atom stereocenters. The molecule has 0 aromatic carbocycles. The predicted octanol–water partition coefficient (Wildman–Crippen LogP) is 0.497. The summed E-state index contributed by atoms with van der Waals surface area (Å²) in [5.41, 5.74) is 5.37. The highest BCUT2D eigenvalue weighted by Crippen LogP contribution is 2.44. The molecule has 0 aromatic heterocycles. The third kappa shape index (κ3) is 1.46. The molecule has 0 aliphatic heterocycles. The van der Waals surface area contributed by atoms with Crippen LogP contribution in [0.2, 0.25) is 0 Å². The minimum atomic E-state index is -0.227. The van der Waals surface area contributed by atoms with Gasteiger partial charge in [0.1, 0.15) is 0 Å². The van der Waals surface area contributed by atoms with E-state index in [0.717, 1.165) is 12.8 Å². The van der Waals surface area contributed by atoms with Crippen molar-refractivity contribution in [2.75, 3.05) is 13.1 Å². The molecule has 1 fully saturated rings. The van der Waals surface area contributed by atoms with Crippen LogP contribution in [0.5, 0.6) is 0 Å². The third-order valence-electron chi connectivity index (χ3n) is 2.69. The number of carbonyl (C=O) groups excluding carboxylic acids is 1. The maximum absolute atomic E-state index is 11.5. The average molecular weight is 170 g/mol. The Kier molecular flexibility index (Phi) is 2.73. The highest BCUT2D eigenvalue weighted by Gasteiger charge is 2.46. The summed E-state index contributed by atoms with van der Waals surface area (Å²) >= 11 is 0. The molecule has 0 atom stereocenters. The van der Waals surface area contributed by atoms with Crippen molar-refractivity contribution >= 4 is 5.91 Å². The fourth-order valence-electron chi connectivity index (χ4n) is 2.07. The Hall–Kier alpha value is -0.570. The van der Waals surface area contributed by atoms with Gasteiger partial charge in [-0.1, -0.05) is 6.92 Å². The Labute approximate surface area is 73.7 Å². The minimum absolute atomic E-state index is 0.144. The Morgan fingerprint density at radius 2 is 2.25 bits per heavy atom. The van der Waals surface area contributed by atoms with Crippen LogP contribution in [-0.2, 0) is 4.79 Å². The van der Waals surface area contributed by atoms with Gasteiger partial charge in [0.15, 0.2) is 0 Å². The summed E-state index contributed by atoms with van der Waals surface area (Å²) in [4.78, 5) is 11.5. The largest absolute Gasteiger partial charge is 0.356 e. The molecule has 3 N–H and O–H groups in total. The molecular weight excluding hydrogens is 152 g/mol. The summed E-state index contributed by atoms with van der Waals surface area (Å²) in [6.07, 6.45) is 1.91. The molecule has 1 aliphatic carbocycles. The average Bonchev–Trinajstić information content (AvgIpc) is 1.98. The van der Waals surface area contributed by atoms with Crippen molar-refractivity contribution in [1.82, 2.24) is 5.32 Å². The Bertz CT molecular complexity index is 173. The number of hydrogen-bond acceptors (Lipinski definition) is 2. The molecule has 0 aromatic rings. The van der Waals surface area contributed by atoms with E-state index < -0.39 is 0 Å². The van der Waals surface area contributed by atoms with Crippen molar-refractivity contribution in [2.24, 2.45) is 17.1 Å². The smallest absolute Gasteiger partial charge is 0.227 e. The van der Waals surface area contributed by atoms with Crippen LogP contribution in [0, 0.1) is 11.3 Å². The van der Waals surface area contributed by atoms with Gasteiger partial charge in [0, 0.05) is 13.1 Å². The first-order chi connectivity index (χ1) is 5.64. The fourth-order valence-corrected chi connectivity index (χ4v) is 2.07. The zero-order chi connectivity index (χ0) is 9.19. The van der Waals surface area contributed by atoms with Crippen LogP contribution >= 0.6 is 0 Å². The maximum atomic E-state index is 11.5. The van der Waals surface area contributed by atoms with Crippen LogP contribution < -0.4 is 11.1 Å². The number of nitrogens with one attached hydrogen (secondary N) is 1. The van der Waals surface area contributed by atoms with Gasteiger partial charge in [0.2, 0.25) is 5.91 Å². The second-order valence-corrected chi connectivity index (χ2v) is 3.86. The molecule has 1 saturated carbocycles. The van der Waals surface area contributed by atoms with Crippen molar-refractivity contribution in [3.8, 4) is 0 Å². The van der Waals surface area contributed by atoms with Gasteiger partial charge < -0.3 is 11.1 Å². The Morgan fingerprint density at radius 1 is 1.67 bits per heavy atom. The van der Waals surface area contributed by atoms with Crippen LogP contribution in [0.3, 0.4) is 0 Å². The van der Waals surface area contributed by atoms with E-state index in [4.69, 9.17) is 5.73 Å². The summed E-state index contributed by atoms with van der Waals surface area (Å²) < 4.78 is 0. The molecule has 3 nitrogen and oxygen atoms in total. The molecule has 3 heteroatoms. The molecule has 0 radical (unpaired) electrons. The highest BCUT2D eigenvalue weighted by molar-refractivity contribution is 5.83. The fraction of sp³-hybridized carbons (Fsp3) is 0.889. The van der Waals surface area contributed by atoms with E-state index in [0.29, 0.717) is 19.0 Å². The van der Waals surface area contributed by atoms with Gasteiger partial charge in [-0.2, -0.15) is 0 Å². The summed E-state index contributed by atoms with van der Waals surface area (Å²) in [7, 11) is 0. The normalized spacial score (nSPS) is 34.1. The number of rotatable bonds is 3. The Morgan fingerprint density at radius 3 is 2.58 bits per heavy atom. The minimum Gasteiger partial charge on any atom is -0.356 e. The van der Waals surface area contributed by atoms with Crippen LogP contribution in [0.4, 0.5) is 0 Å². The zero-order valence-electron chi connectivity index (χ0n) is 7.89. The second-order valence-electron chi connectivity index (χ2n) is 3.86. The molecule has 12 heavy (non-hydrogen) atoms. The summed E-state index contributed by atoms with van der Waals surface area (Å²) in [6, 6.07) is 0. The van der Waals surface area contributed by atoms with Crippen molar-refractivity contribution in [3.63, 3.8) is 0 Å². The molecule has 1 rings (SSSR count). The molecule has 0 saturated heterocycles. The molecule has 70 valence electrons. The Balaban J connectivity index is 2.51. The van der Waals surface area contributed by atoms with E-state index in [2.05, 4.69) is 12.2 Å².